The highest BCUT2D eigenvalue weighted by molar-refractivity contribution is 6.31. The van der Waals surface area contributed by atoms with Crippen LogP contribution < -0.4 is 10.6 Å². The summed E-state index contributed by atoms with van der Waals surface area (Å²) in [6.45, 7) is 0.905. The van der Waals surface area contributed by atoms with E-state index in [9.17, 15) is 4.79 Å². The fourth-order valence-electron chi connectivity index (χ4n) is 2.42. The molecule has 3 rings (SSSR count). The SMILES string of the molecule is O=C(NCc1ccccc1Cl)c1cncc(NCc2ccccc2Cl)c1. The number of nitrogens with zero attached hydrogens (tertiary/aromatic N) is 1. The zero-order chi connectivity index (χ0) is 18.4. The van der Waals surface area contributed by atoms with Crippen LogP contribution in [0.4, 0.5) is 5.69 Å². The summed E-state index contributed by atoms with van der Waals surface area (Å²) in [6.07, 6.45) is 3.20. The van der Waals surface area contributed by atoms with E-state index in [1.807, 2.05) is 42.5 Å². The Morgan fingerprint density at radius 1 is 0.885 bits per heavy atom. The molecule has 0 aliphatic rings. The number of aromatic nitrogens is 1. The topological polar surface area (TPSA) is 54.0 Å². The van der Waals surface area contributed by atoms with Crippen molar-refractivity contribution in [1.82, 2.24) is 10.3 Å². The van der Waals surface area contributed by atoms with Gasteiger partial charge in [0.15, 0.2) is 0 Å². The third-order valence-corrected chi connectivity index (χ3v) is 4.58. The van der Waals surface area contributed by atoms with Crippen LogP contribution in [0.5, 0.6) is 0 Å². The van der Waals surface area contributed by atoms with Crippen LogP contribution in [0.25, 0.3) is 0 Å². The molecule has 3 aromatic rings. The summed E-state index contributed by atoms with van der Waals surface area (Å²) in [5.74, 6) is -0.209. The van der Waals surface area contributed by atoms with E-state index in [-0.39, 0.29) is 5.91 Å². The molecule has 0 spiro atoms. The number of nitrogens with one attached hydrogen (secondary N) is 2. The molecule has 1 aromatic heterocycles. The molecular weight excluding hydrogens is 369 g/mol. The highest BCUT2D eigenvalue weighted by atomic mass is 35.5. The van der Waals surface area contributed by atoms with Crippen molar-refractivity contribution in [2.75, 3.05) is 5.32 Å². The summed E-state index contributed by atoms with van der Waals surface area (Å²) in [4.78, 5) is 16.5. The van der Waals surface area contributed by atoms with Crippen LogP contribution in [-0.2, 0) is 13.1 Å². The second kappa shape index (κ2) is 8.70. The van der Waals surface area contributed by atoms with Crippen molar-refractivity contribution in [1.29, 1.82) is 0 Å². The standard InChI is InChI=1S/C20H17Cl2N3O/c21-18-7-3-1-5-14(18)11-24-17-9-16(10-23-13-17)20(26)25-12-15-6-2-4-8-19(15)22/h1-10,13,24H,11-12H2,(H,25,26). The number of halogens is 2. The molecule has 4 nitrogen and oxygen atoms in total. The number of benzene rings is 2. The van der Waals surface area contributed by atoms with Gasteiger partial charge in [0, 0.05) is 35.5 Å². The van der Waals surface area contributed by atoms with Gasteiger partial charge in [-0.1, -0.05) is 59.6 Å². The molecule has 0 aliphatic carbocycles. The normalized spacial score (nSPS) is 10.4. The van der Waals surface area contributed by atoms with Crippen molar-refractivity contribution < 1.29 is 4.79 Å². The number of anilines is 1. The fourth-order valence-corrected chi connectivity index (χ4v) is 2.82. The summed E-state index contributed by atoms with van der Waals surface area (Å²) in [5.41, 5.74) is 3.06. The smallest absolute Gasteiger partial charge is 0.253 e. The molecule has 1 amide bonds. The van der Waals surface area contributed by atoms with Crippen LogP contribution in [0.2, 0.25) is 10.0 Å². The molecule has 2 N–H and O–H groups in total. The maximum Gasteiger partial charge on any atom is 0.253 e. The largest absolute Gasteiger partial charge is 0.380 e. The van der Waals surface area contributed by atoms with Crippen molar-refractivity contribution >= 4 is 34.8 Å². The van der Waals surface area contributed by atoms with E-state index < -0.39 is 0 Å². The third kappa shape index (κ3) is 4.75. The molecule has 0 atom stereocenters. The van der Waals surface area contributed by atoms with Gasteiger partial charge < -0.3 is 10.6 Å². The first-order valence-corrected chi connectivity index (χ1v) is 8.83. The highest BCUT2D eigenvalue weighted by Gasteiger charge is 2.08. The molecule has 1 heterocycles. The van der Waals surface area contributed by atoms with Gasteiger partial charge in [0.05, 0.1) is 11.3 Å². The Hall–Kier alpha value is -2.56. The van der Waals surface area contributed by atoms with Crippen LogP contribution in [0.1, 0.15) is 21.5 Å². The summed E-state index contributed by atoms with van der Waals surface area (Å²) in [5, 5.41) is 7.41. The summed E-state index contributed by atoms with van der Waals surface area (Å²) < 4.78 is 0. The zero-order valence-electron chi connectivity index (χ0n) is 13.9. The van der Waals surface area contributed by atoms with Gasteiger partial charge in [-0.2, -0.15) is 0 Å². The number of hydrogen-bond acceptors (Lipinski definition) is 3. The minimum atomic E-state index is -0.209. The van der Waals surface area contributed by atoms with Gasteiger partial charge >= 0.3 is 0 Å². The van der Waals surface area contributed by atoms with E-state index in [0.717, 1.165) is 16.8 Å². The van der Waals surface area contributed by atoms with Gasteiger partial charge in [-0.15, -0.1) is 0 Å². The number of pyridine rings is 1. The number of amides is 1. The Morgan fingerprint density at radius 2 is 1.50 bits per heavy atom. The summed E-state index contributed by atoms with van der Waals surface area (Å²) in [7, 11) is 0. The van der Waals surface area contributed by atoms with Crippen LogP contribution in [0.15, 0.2) is 67.0 Å². The Kier molecular flexibility index (Phi) is 6.10. The molecule has 26 heavy (non-hydrogen) atoms. The highest BCUT2D eigenvalue weighted by Crippen LogP contribution is 2.18. The molecule has 0 saturated heterocycles. The van der Waals surface area contributed by atoms with Gasteiger partial charge in [-0.05, 0) is 29.3 Å². The van der Waals surface area contributed by atoms with Crippen molar-refractivity contribution in [2.24, 2.45) is 0 Å². The molecule has 0 saturated carbocycles. The second-order valence-corrected chi connectivity index (χ2v) is 6.50. The minimum absolute atomic E-state index is 0.209. The van der Waals surface area contributed by atoms with Crippen LogP contribution in [0.3, 0.4) is 0 Å². The van der Waals surface area contributed by atoms with Gasteiger partial charge in [-0.25, -0.2) is 0 Å². The molecule has 0 fully saturated rings. The Labute approximate surface area is 162 Å². The lowest BCUT2D eigenvalue weighted by atomic mass is 10.2. The van der Waals surface area contributed by atoms with Crippen molar-refractivity contribution in [2.45, 2.75) is 13.1 Å². The molecule has 0 unspecified atom stereocenters. The maximum atomic E-state index is 12.4. The first kappa shape index (κ1) is 18.2. The average Bonchev–Trinajstić information content (AvgIpc) is 2.67. The lowest BCUT2D eigenvalue weighted by Gasteiger charge is -2.10. The summed E-state index contributed by atoms with van der Waals surface area (Å²) >= 11 is 12.3. The molecule has 0 aliphatic heterocycles. The van der Waals surface area contributed by atoms with Gasteiger partial charge in [0.1, 0.15) is 0 Å². The predicted molar refractivity (Wildman–Crippen MR) is 106 cm³/mol. The molecule has 132 valence electrons. The Morgan fingerprint density at radius 3 is 2.15 bits per heavy atom. The number of carbonyl (C=O) groups excluding carboxylic acids is 1. The van der Waals surface area contributed by atoms with E-state index >= 15 is 0 Å². The second-order valence-electron chi connectivity index (χ2n) is 5.68. The quantitative estimate of drug-likeness (QED) is 0.632. The van der Waals surface area contributed by atoms with Gasteiger partial charge in [0.2, 0.25) is 0 Å². The van der Waals surface area contributed by atoms with Crippen LogP contribution in [0, 0.1) is 0 Å². The number of rotatable bonds is 6. The van der Waals surface area contributed by atoms with Crippen LogP contribution in [-0.4, -0.2) is 10.9 Å². The van der Waals surface area contributed by atoms with E-state index in [4.69, 9.17) is 23.2 Å². The van der Waals surface area contributed by atoms with Gasteiger partial charge in [-0.3, -0.25) is 9.78 Å². The first-order chi connectivity index (χ1) is 12.6. The first-order valence-electron chi connectivity index (χ1n) is 8.07. The number of carbonyl (C=O) groups is 1. The van der Waals surface area contributed by atoms with Gasteiger partial charge in [0.25, 0.3) is 5.91 Å². The molecule has 6 heteroatoms. The Balaban J connectivity index is 1.62. The number of hydrogen-bond donors (Lipinski definition) is 2. The summed E-state index contributed by atoms with van der Waals surface area (Å²) in [6, 6.07) is 16.8. The van der Waals surface area contributed by atoms with E-state index in [1.165, 1.54) is 6.20 Å². The average molecular weight is 386 g/mol. The van der Waals surface area contributed by atoms with Crippen molar-refractivity contribution in [3.63, 3.8) is 0 Å². The maximum absolute atomic E-state index is 12.4. The molecule has 2 aromatic carbocycles. The third-order valence-electron chi connectivity index (χ3n) is 3.84. The van der Waals surface area contributed by atoms with E-state index in [2.05, 4.69) is 15.6 Å². The fraction of sp³-hybridized carbons (Fsp3) is 0.100. The monoisotopic (exact) mass is 385 g/mol. The zero-order valence-corrected chi connectivity index (χ0v) is 15.4. The minimum Gasteiger partial charge on any atom is -0.380 e. The Bertz CT molecular complexity index is 915. The van der Waals surface area contributed by atoms with Crippen LogP contribution >= 0.6 is 23.2 Å². The molecule has 0 radical (unpaired) electrons. The molecular formula is C20H17Cl2N3O. The lowest BCUT2D eigenvalue weighted by Crippen LogP contribution is -2.23. The van der Waals surface area contributed by atoms with Crippen molar-refractivity contribution in [3.05, 3.63) is 93.7 Å². The van der Waals surface area contributed by atoms with E-state index in [0.29, 0.717) is 28.7 Å². The lowest BCUT2D eigenvalue weighted by molar-refractivity contribution is 0.0950. The predicted octanol–water partition coefficient (Wildman–Crippen LogP) is 4.93. The molecule has 0 bridgehead atoms. The van der Waals surface area contributed by atoms with E-state index in [1.54, 1.807) is 18.3 Å². The van der Waals surface area contributed by atoms with Crippen molar-refractivity contribution in [3.8, 4) is 0 Å².